The van der Waals surface area contributed by atoms with Crippen LogP contribution in [0.2, 0.25) is 5.02 Å². The van der Waals surface area contributed by atoms with Crippen LogP contribution in [-0.4, -0.2) is 35.7 Å². The van der Waals surface area contributed by atoms with Gasteiger partial charge in [0.1, 0.15) is 5.75 Å². The van der Waals surface area contributed by atoms with Gasteiger partial charge >= 0.3 is 5.97 Å². The van der Waals surface area contributed by atoms with E-state index in [2.05, 4.69) is 26.9 Å². The zero-order chi connectivity index (χ0) is 19.4. The first kappa shape index (κ1) is 20.2. The Kier molecular flexibility index (Phi) is 6.79. The van der Waals surface area contributed by atoms with E-state index < -0.39 is 5.97 Å². The summed E-state index contributed by atoms with van der Waals surface area (Å²) in [5.74, 6) is -0.167. The van der Waals surface area contributed by atoms with Crippen molar-refractivity contribution >= 4 is 33.5 Å². The van der Waals surface area contributed by atoms with Gasteiger partial charge < -0.3 is 9.84 Å². The molecule has 1 unspecified atom stereocenters. The molecule has 0 aliphatic carbocycles. The quantitative estimate of drug-likeness (QED) is 0.638. The maximum atomic E-state index is 11.3. The molecule has 144 valence electrons. The molecule has 1 aliphatic rings. The fourth-order valence-corrected chi connectivity index (χ4v) is 4.36. The van der Waals surface area contributed by atoms with Crippen molar-refractivity contribution in [3.8, 4) is 5.75 Å². The van der Waals surface area contributed by atoms with Crippen LogP contribution in [0.3, 0.4) is 0 Å². The van der Waals surface area contributed by atoms with Gasteiger partial charge in [0, 0.05) is 15.1 Å². The summed E-state index contributed by atoms with van der Waals surface area (Å²) in [6.45, 7) is 3.95. The molecule has 1 saturated heterocycles. The van der Waals surface area contributed by atoms with Crippen molar-refractivity contribution in [3.05, 3.63) is 63.1 Å². The molecule has 0 saturated carbocycles. The van der Waals surface area contributed by atoms with Gasteiger partial charge in [0.2, 0.25) is 0 Å². The molecule has 0 aromatic heterocycles. The van der Waals surface area contributed by atoms with E-state index in [0.29, 0.717) is 37.6 Å². The molecule has 1 fully saturated rings. The van der Waals surface area contributed by atoms with Crippen molar-refractivity contribution in [1.29, 1.82) is 0 Å². The monoisotopic (exact) mass is 451 g/mol. The summed E-state index contributed by atoms with van der Waals surface area (Å²) in [5, 5.41) is 9.99. The molecule has 3 rings (SSSR count). The minimum Gasteiger partial charge on any atom is -0.494 e. The van der Waals surface area contributed by atoms with Gasteiger partial charge in [-0.25, -0.2) is 0 Å². The van der Waals surface area contributed by atoms with E-state index in [1.165, 1.54) is 0 Å². The normalized spacial score (nSPS) is 16.9. The van der Waals surface area contributed by atoms with Gasteiger partial charge in [-0.15, -0.1) is 0 Å². The molecular weight excluding hydrogens is 430 g/mol. The molecule has 1 atom stereocenters. The lowest BCUT2D eigenvalue weighted by Gasteiger charge is -2.38. The van der Waals surface area contributed by atoms with Crippen LogP contribution in [0, 0.1) is 5.92 Å². The number of carbonyl (C=O) groups is 1. The van der Waals surface area contributed by atoms with E-state index in [1.54, 1.807) is 0 Å². The van der Waals surface area contributed by atoms with Crippen molar-refractivity contribution < 1.29 is 14.6 Å². The first-order valence-electron chi connectivity index (χ1n) is 9.14. The van der Waals surface area contributed by atoms with Crippen LogP contribution < -0.4 is 4.74 Å². The maximum Gasteiger partial charge on any atom is 0.306 e. The van der Waals surface area contributed by atoms with Crippen LogP contribution in [-0.2, 0) is 4.79 Å². The number of benzene rings is 2. The Balaban J connectivity index is 2.03. The number of hydrogen-bond acceptors (Lipinski definition) is 3. The third-order valence-corrected chi connectivity index (χ3v) is 5.97. The Labute approximate surface area is 173 Å². The number of halogens is 2. The molecule has 4 nitrogen and oxygen atoms in total. The zero-order valence-electron chi connectivity index (χ0n) is 15.2. The Morgan fingerprint density at radius 3 is 2.59 bits per heavy atom. The first-order valence-corrected chi connectivity index (χ1v) is 10.3. The molecule has 0 spiro atoms. The average molecular weight is 453 g/mol. The zero-order valence-corrected chi connectivity index (χ0v) is 17.5. The number of aliphatic carboxylic acids is 1. The second-order valence-electron chi connectivity index (χ2n) is 6.69. The smallest absolute Gasteiger partial charge is 0.306 e. The van der Waals surface area contributed by atoms with Gasteiger partial charge in [-0.1, -0.05) is 45.7 Å². The molecule has 1 N–H and O–H groups in total. The van der Waals surface area contributed by atoms with E-state index in [9.17, 15) is 9.90 Å². The Hall–Kier alpha value is -1.56. The molecular formula is C21H23BrClNO3. The topological polar surface area (TPSA) is 49.8 Å². The second kappa shape index (κ2) is 9.09. The highest BCUT2D eigenvalue weighted by atomic mass is 79.9. The fraction of sp³-hybridized carbons (Fsp3) is 0.381. The highest BCUT2D eigenvalue weighted by Gasteiger charge is 2.32. The molecule has 27 heavy (non-hydrogen) atoms. The van der Waals surface area contributed by atoms with Crippen LogP contribution in [0.15, 0.2) is 46.9 Å². The Morgan fingerprint density at radius 2 is 1.96 bits per heavy atom. The maximum absolute atomic E-state index is 11.3. The number of rotatable bonds is 6. The lowest BCUT2D eigenvalue weighted by molar-refractivity contribution is -0.143. The van der Waals surface area contributed by atoms with E-state index in [-0.39, 0.29) is 12.0 Å². The Bertz CT molecular complexity index is 806. The van der Waals surface area contributed by atoms with Crippen molar-refractivity contribution in [3.63, 3.8) is 0 Å². The summed E-state index contributed by atoms with van der Waals surface area (Å²) < 4.78 is 6.90. The number of carboxylic acid groups (broad SMARTS) is 1. The molecule has 0 radical (unpaired) electrons. The van der Waals surface area contributed by atoms with Crippen LogP contribution in [0.5, 0.6) is 5.75 Å². The van der Waals surface area contributed by atoms with Gasteiger partial charge in [0.15, 0.2) is 0 Å². The lowest BCUT2D eigenvalue weighted by atomic mass is 9.91. The largest absolute Gasteiger partial charge is 0.494 e. The molecule has 0 bridgehead atoms. The minimum atomic E-state index is -0.704. The van der Waals surface area contributed by atoms with E-state index in [4.69, 9.17) is 16.3 Å². The average Bonchev–Trinajstić information content (AvgIpc) is 2.66. The summed E-state index contributed by atoms with van der Waals surface area (Å²) in [6, 6.07) is 13.8. The van der Waals surface area contributed by atoms with Crippen molar-refractivity contribution in [2.45, 2.75) is 25.8 Å². The third kappa shape index (κ3) is 4.65. The van der Waals surface area contributed by atoms with Gasteiger partial charge in [-0.05, 0) is 62.7 Å². The summed E-state index contributed by atoms with van der Waals surface area (Å²) in [7, 11) is 0. The van der Waals surface area contributed by atoms with Crippen LogP contribution in [0.1, 0.15) is 36.9 Å². The molecule has 2 aromatic rings. The van der Waals surface area contributed by atoms with Gasteiger partial charge in [-0.2, -0.15) is 0 Å². The van der Waals surface area contributed by atoms with Crippen LogP contribution >= 0.6 is 27.5 Å². The highest BCUT2D eigenvalue weighted by molar-refractivity contribution is 9.10. The van der Waals surface area contributed by atoms with Gasteiger partial charge in [-0.3, -0.25) is 9.69 Å². The number of ether oxygens (including phenoxy) is 1. The van der Waals surface area contributed by atoms with E-state index in [0.717, 1.165) is 21.3 Å². The third-order valence-electron chi connectivity index (χ3n) is 5.01. The number of nitrogens with zero attached hydrogens (tertiary/aromatic N) is 1. The predicted molar refractivity (Wildman–Crippen MR) is 111 cm³/mol. The molecule has 2 aromatic carbocycles. The van der Waals surface area contributed by atoms with E-state index in [1.807, 2.05) is 43.3 Å². The lowest BCUT2D eigenvalue weighted by Crippen LogP contribution is -2.39. The Morgan fingerprint density at radius 1 is 1.26 bits per heavy atom. The summed E-state index contributed by atoms with van der Waals surface area (Å²) in [5.41, 5.74) is 2.12. The number of likely N-dealkylation sites (tertiary alicyclic amines) is 1. The first-order chi connectivity index (χ1) is 13.0. The van der Waals surface area contributed by atoms with Crippen molar-refractivity contribution in [1.82, 2.24) is 4.90 Å². The fourth-order valence-electron chi connectivity index (χ4n) is 3.68. The molecule has 1 heterocycles. The second-order valence-corrected chi connectivity index (χ2v) is 7.98. The molecule has 6 heteroatoms. The van der Waals surface area contributed by atoms with Crippen molar-refractivity contribution in [2.75, 3.05) is 19.7 Å². The van der Waals surface area contributed by atoms with Gasteiger partial charge in [0.05, 0.1) is 18.6 Å². The van der Waals surface area contributed by atoms with Gasteiger partial charge in [0.25, 0.3) is 0 Å². The van der Waals surface area contributed by atoms with Crippen LogP contribution in [0.25, 0.3) is 0 Å². The predicted octanol–water partition coefficient (Wildman–Crippen LogP) is 5.39. The summed E-state index contributed by atoms with van der Waals surface area (Å²) in [6.07, 6.45) is 1.28. The number of piperidine rings is 1. The van der Waals surface area contributed by atoms with Crippen LogP contribution in [0.4, 0.5) is 0 Å². The molecule has 0 amide bonds. The van der Waals surface area contributed by atoms with E-state index >= 15 is 0 Å². The molecule has 1 aliphatic heterocycles. The summed E-state index contributed by atoms with van der Waals surface area (Å²) in [4.78, 5) is 13.7. The SMILES string of the molecule is CCOc1ccc(Cl)cc1C(c1ccccc1Br)N1CCC(C(=O)O)CC1. The summed E-state index contributed by atoms with van der Waals surface area (Å²) >= 11 is 10.0. The standard InChI is InChI=1S/C21H23BrClNO3/c1-2-27-19-8-7-15(23)13-17(19)20(16-5-3-4-6-18(16)22)24-11-9-14(10-12-24)21(25)26/h3-8,13-14,20H,2,9-12H2,1H3,(H,25,26). The highest BCUT2D eigenvalue weighted by Crippen LogP contribution is 2.40. The van der Waals surface area contributed by atoms with Crippen molar-refractivity contribution in [2.24, 2.45) is 5.92 Å². The number of hydrogen-bond donors (Lipinski definition) is 1. The minimum absolute atomic E-state index is 0.0597. The number of carboxylic acids is 1.